The lowest BCUT2D eigenvalue weighted by Gasteiger charge is -2.44. The summed E-state index contributed by atoms with van der Waals surface area (Å²) in [5, 5.41) is 21.1. The minimum absolute atomic E-state index is 0. The van der Waals surface area contributed by atoms with Gasteiger partial charge in [0.2, 0.25) is 5.82 Å². The molecule has 0 amide bonds. The maximum Gasteiger partial charge on any atom is 0.573 e. The summed E-state index contributed by atoms with van der Waals surface area (Å²) in [4.78, 5) is 31.6. The number of Topliss-reactive ketones (excluding diaryl/α,β-unsaturated/α-hetero) is 1. The lowest BCUT2D eigenvalue weighted by molar-refractivity contribution is -0.274. The van der Waals surface area contributed by atoms with Crippen molar-refractivity contribution in [3.05, 3.63) is 30.0 Å². The molecule has 5 rings (SSSR count). The highest BCUT2D eigenvalue weighted by Gasteiger charge is 2.45. The Morgan fingerprint density at radius 1 is 1.28 bits per heavy atom. The number of ether oxygens (including phenoxy) is 2. The highest BCUT2D eigenvalue weighted by Crippen LogP contribution is 2.44. The maximum absolute atomic E-state index is 12.8. The molecule has 16 heteroatoms. The summed E-state index contributed by atoms with van der Waals surface area (Å²) in [6.07, 6.45) is -2.46. The van der Waals surface area contributed by atoms with E-state index in [4.69, 9.17) is 9.84 Å². The van der Waals surface area contributed by atoms with Crippen LogP contribution in [0.25, 0.3) is 10.7 Å². The predicted octanol–water partition coefficient (Wildman–Crippen LogP) is 1.96. The Kier molecular flexibility index (Phi) is 6.57. The fraction of sp³-hybridized carbons (Fsp3) is 0.400. The molecule has 0 saturated carbocycles. The largest absolute Gasteiger partial charge is 0.573 e. The smallest absolute Gasteiger partial charge is 0.486 e. The topological polar surface area (TPSA) is 164 Å². The van der Waals surface area contributed by atoms with Crippen LogP contribution in [0.5, 0.6) is 11.5 Å². The molecule has 1 spiro atoms. The molecule has 1 saturated heterocycles. The summed E-state index contributed by atoms with van der Waals surface area (Å²) in [7, 11) is 0. The van der Waals surface area contributed by atoms with Crippen molar-refractivity contribution in [3.63, 3.8) is 0 Å². The molecule has 36 heavy (non-hydrogen) atoms. The molecule has 192 valence electrons. The second kappa shape index (κ2) is 9.34. The molecule has 12 nitrogen and oxygen atoms in total. The minimum atomic E-state index is -4.91. The first-order valence-electron chi connectivity index (χ1n) is 10.4. The Bertz CT molecular complexity index is 1290. The van der Waals surface area contributed by atoms with Crippen LogP contribution in [0.3, 0.4) is 0 Å². The van der Waals surface area contributed by atoms with Gasteiger partial charge in [-0.3, -0.25) is 9.59 Å². The average molecular weight is 528 g/mol. The standard InChI is InChI=1S/C20H17F3N6O5S.H2O/c21-20(22,23)34-13-3-1-2-12-16(13)11(30)8-19(33-12)4-6-28(7-5-19)18-24-9-14(35-18)17-25-27-29(26-17)10-15(31)32;/h1-3,9H,4-8,10H2,(H,31,32);1H2. The van der Waals surface area contributed by atoms with Gasteiger partial charge in [-0.05, 0) is 17.3 Å². The summed E-state index contributed by atoms with van der Waals surface area (Å²) in [6, 6.07) is 3.93. The number of anilines is 1. The van der Waals surface area contributed by atoms with Gasteiger partial charge in [0.1, 0.15) is 22.7 Å². The van der Waals surface area contributed by atoms with Gasteiger partial charge in [-0.15, -0.1) is 23.4 Å². The molecule has 1 aromatic carbocycles. The van der Waals surface area contributed by atoms with E-state index in [9.17, 15) is 22.8 Å². The number of piperidine rings is 1. The van der Waals surface area contributed by atoms with E-state index in [2.05, 4.69) is 25.1 Å². The van der Waals surface area contributed by atoms with Gasteiger partial charge in [0.15, 0.2) is 17.5 Å². The lowest BCUT2D eigenvalue weighted by Crippen LogP contribution is -2.51. The number of aromatic nitrogens is 5. The number of alkyl halides is 3. The number of carboxylic acid groups (broad SMARTS) is 1. The van der Waals surface area contributed by atoms with Crippen molar-refractivity contribution in [1.29, 1.82) is 0 Å². The SMILES string of the molecule is O.O=C(O)Cn1nnc(-c2cnc(N3CCC4(CC3)CC(=O)c3c(OC(F)(F)F)cccc3O4)s2)n1. The molecule has 0 aliphatic carbocycles. The van der Waals surface area contributed by atoms with Crippen LogP contribution in [0, 0.1) is 0 Å². The van der Waals surface area contributed by atoms with Crippen molar-refractivity contribution in [3.8, 4) is 22.2 Å². The van der Waals surface area contributed by atoms with Crippen LogP contribution in [0.2, 0.25) is 0 Å². The van der Waals surface area contributed by atoms with Crippen molar-refractivity contribution in [1.82, 2.24) is 25.2 Å². The van der Waals surface area contributed by atoms with Gasteiger partial charge >= 0.3 is 12.3 Å². The second-order valence-corrected chi connectivity index (χ2v) is 9.10. The highest BCUT2D eigenvalue weighted by atomic mass is 32.1. The Labute approximate surface area is 204 Å². The summed E-state index contributed by atoms with van der Waals surface area (Å²) in [5.41, 5.74) is -1.01. The van der Waals surface area contributed by atoms with Crippen molar-refractivity contribution in [2.45, 2.75) is 37.8 Å². The summed E-state index contributed by atoms with van der Waals surface area (Å²) in [5.74, 6) is -1.75. The third-order valence-electron chi connectivity index (χ3n) is 5.69. The van der Waals surface area contributed by atoms with Crippen LogP contribution in [-0.4, -0.2) is 72.6 Å². The Hall–Kier alpha value is -3.79. The highest BCUT2D eigenvalue weighted by molar-refractivity contribution is 7.18. The maximum atomic E-state index is 12.8. The third-order valence-corrected chi connectivity index (χ3v) is 6.74. The van der Waals surface area contributed by atoms with E-state index >= 15 is 0 Å². The van der Waals surface area contributed by atoms with Crippen molar-refractivity contribution >= 4 is 28.2 Å². The zero-order chi connectivity index (χ0) is 24.8. The van der Waals surface area contributed by atoms with Gasteiger partial charge in [0.25, 0.3) is 0 Å². The zero-order valence-electron chi connectivity index (χ0n) is 18.4. The van der Waals surface area contributed by atoms with Gasteiger partial charge in [0, 0.05) is 25.9 Å². The summed E-state index contributed by atoms with van der Waals surface area (Å²) < 4.78 is 48.3. The molecular weight excluding hydrogens is 509 g/mol. The van der Waals surface area contributed by atoms with Crippen molar-refractivity contribution in [2.24, 2.45) is 0 Å². The fourth-order valence-corrected chi connectivity index (χ4v) is 5.05. The Balaban J connectivity index is 0.00000304. The van der Waals surface area contributed by atoms with Crippen LogP contribution in [-0.2, 0) is 11.3 Å². The minimum Gasteiger partial charge on any atom is -0.486 e. The zero-order valence-corrected chi connectivity index (χ0v) is 19.2. The summed E-state index contributed by atoms with van der Waals surface area (Å²) >= 11 is 1.31. The van der Waals surface area contributed by atoms with Crippen molar-refractivity contribution in [2.75, 3.05) is 18.0 Å². The van der Waals surface area contributed by atoms with Crippen molar-refractivity contribution < 1.29 is 42.8 Å². The lowest BCUT2D eigenvalue weighted by atomic mass is 9.82. The molecule has 0 bridgehead atoms. The molecule has 3 N–H and O–H groups in total. The molecule has 1 fully saturated rings. The number of carbonyl (C=O) groups excluding carboxylic acids is 1. The molecule has 3 aromatic rings. The first-order chi connectivity index (χ1) is 16.6. The number of benzene rings is 1. The van der Waals surface area contributed by atoms with E-state index in [0.717, 1.165) is 10.9 Å². The normalized spacial score (nSPS) is 16.8. The number of carbonyl (C=O) groups is 2. The molecule has 2 aromatic heterocycles. The first kappa shape index (κ1) is 25.3. The fourth-order valence-electron chi connectivity index (χ4n) is 4.16. The van der Waals surface area contributed by atoms with Gasteiger partial charge < -0.3 is 25.0 Å². The first-order valence-corrected chi connectivity index (χ1v) is 11.2. The quantitative estimate of drug-likeness (QED) is 0.518. The van der Waals surface area contributed by atoms with E-state index in [1.807, 2.05) is 4.90 Å². The summed E-state index contributed by atoms with van der Waals surface area (Å²) in [6.45, 7) is 0.611. The Morgan fingerprint density at radius 2 is 2.03 bits per heavy atom. The molecule has 0 unspecified atom stereocenters. The van der Waals surface area contributed by atoms with Gasteiger partial charge in [-0.25, -0.2) is 4.98 Å². The molecular formula is C20H19F3N6O6S. The average Bonchev–Trinajstić information content (AvgIpc) is 3.42. The number of thiazole rings is 1. The second-order valence-electron chi connectivity index (χ2n) is 8.09. The van der Waals surface area contributed by atoms with Crippen LogP contribution < -0.4 is 14.4 Å². The van der Waals surface area contributed by atoms with Crippen LogP contribution in [0.15, 0.2) is 24.4 Å². The van der Waals surface area contributed by atoms with E-state index in [0.29, 0.717) is 35.9 Å². The van der Waals surface area contributed by atoms with E-state index in [-0.39, 0.29) is 29.0 Å². The number of fused-ring (bicyclic) bond motifs is 1. The van der Waals surface area contributed by atoms with Gasteiger partial charge in [-0.2, -0.15) is 4.80 Å². The monoisotopic (exact) mass is 528 g/mol. The van der Waals surface area contributed by atoms with E-state index in [1.165, 1.54) is 23.5 Å². The number of tetrazole rings is 1. The van der Waals surface area contributed by atoms with Crippen LogP contribution in [0.4, 0.5) is 18.3 Å². The van der Waals surface area contributed by atoms with Crippen LogP contribution in [0.1, 0.15) is 29.6 Å². The predicted molar refractivity (Wildman–Crippen MR) is 117 cm³/mol. The van der Waals surface area contributed by atoms with E-state index < -0.39 is 36.0 Å². The number of aliphatic carboxylic acids is 1. The number of hydrogen-bond donors (Lipinski definition) is 1. The number of carboxylic acids is 1. The number of ketones is 1. The molecule has 0 atom stereocenters. The van der Waals surface area contributed by atoms with E-state index in [1.54, 1.807) is 6.20 Å². The number of halogens is 3. The third kappa shape index (κ3) is 5.08. The molecule has 2 aliphatic rings. The molecule has 0 radical (unpaired) electrons. The van der Waals surface area contributed by atoms with Crippen LogP contribution >= 0.6 is 11.3 Å². The van der Waals surface area contributed by atoms with Gasteiger partial charge in [0.05, 0.1) is 17.5 Å². The molecule has 4 heterocycles. The number of nitrogens with zero attached hydrogens (tertiary/aromatic N) is 6. The number of hydrogen-bond acceptors (Lipinski definition) is 10. The molecule has 2 aliphatic heterocycles. The number of rotatable bonds is 5. The van der Waals surface area contributed by atoms with Gasteiger partial charge in [-0.1, -0.05) is 17.4 Å². The Morgan fingerprint density at radius 3 is 2.72 bits per heavy atom.